The summed E-state index contributed by atoms with van der Waals surface area (Å²) in [5.41, 5.74) is 0.353. The molecule has 4 nitrogen and oxygen atoms in total. The quantitative estimate of drug-likeness (QED) is 0.773. The SMILES string of the molecule is O=C(O)c1cc(=O)n(Cc2sccc2Br)c2ccccc12. The Morgan fingerprint density at radius 3 is 2.71 bits per heavy atom. The number of aromatic carboxylic acids is 1. The third-order valence-corrected chi connectivity index (χ3v) is 5.15. The van der Waals surface area contributed by atoms with Gasteiger partial charge in [0.25, 0.3) is 5.56 Å². The standard InChI is InChI=1S/C15H10BrNO3S/c16-11-5-6-21-13(11)8-17-12-4-2-1-3-9(12)10(15(19)20)7-14(17)18/h1-7H,8H2,(H,19,20). The van der Waals surface area contributed by atoms with Gasteiger partial charge in [0.15, 0.2) is 0 Å². The van der Waals surface area contributed by atoms with E-state index in [-0.39, 0.29) is 11.1 Å². The highest BCUT2D eigenvalue weighted by Gasteiger charge is 2.14. The number of halogens is 1. The number of carbonyl (C=O) groups is 1. The number of carboxylic acids is 1. The Morgan fingerprint density at radius 1 is 1.29 bits per heavy atom. The average Bonchev–Trinajstić information content (AvgIpc) is 2.86. The average molecular weight is 364 g/mol. The first-order valence-electron chi connectivity index (χ1n) is 6.15. The molecule has 106 valence electrons. The molecule has 2 heterocycles. The van der Waals surface area contributed by atoms with Crippen LogP contribution in [0.15, 0.2) is 51.0 Å². The number of nitrogens with zero attached hydrogens (tertiary/aromatic N) is 1. The summed E-state index contributed by atoms with van der Waals surface area (Å²) in [5.74, 6) is -1.09. The minimum atomic E-state index is -1.09. The normalized spacial score (nSPS) is 10.9. The van der Waals surface area contributed by atoms with Gasteiger partial charge in [-0.3, -0.25) is 4.79 Å². The molecule has 0 aliphatic carbocycles. The van der Waals surface area contributed by atoms with Gasteiger partial charge in [-0.2, -0.15) is 0 Å². The molecule has 0 amide bonds. The molecule has 0 spiro atoms. The lowest BCUT2D eigenvalue weighted by Crippen LogP contribution is -2.22. The maximum absolute atomic E-state index is 12.3. The summed E-state index contributed by atoms with van der Waals surface area (Å²) in [4.78, 5) is 24.6. The Kier molecular flexibility index (Phi) is 3.65. The van der Waals surface area contributed by atoms with E-state index in [4.69, 9.17) is 0 Å². The molecule has 0 saturated heterocycles. The Hall–Kier alpha value is -1.92. The maximum Gasteiger partial charge on any atom is 0.336 e. The van der Waals surface area contributed by atoms with Crippen molar-refractivity contribution < 1.29 is 9.90 Å². The van der Waals surface area contributed by atoms with Gasteiger partial charge >= 0.3 is 5.97 Å². The monoisotopic (exact) mass is 363 g/mol. The van der Waals surface area contributed by atoms with Gasteiger partial charge in [-0.1, -0.05) is 18.2 Å². The molecular weight excluding hydrogens is 354 g/mol. The van der Waals surface area contributed by atoms with Crippen LogP contribution in [-0.4, -0.2) is 15.6 Å². The van der Waals surface area contributed by atoms with E-state index in [1.165, 1.54) is 6.07 Å². The van der Waals surface area contributed by atoms with Crippen LogP contribution in [0.25, 0.3) is 10.9 Å². The molecule has 0 bridgehead atoms. The van der Waals surface area contributed by atoms with Crippen LogP contribution >= 0.6 is 27.3 Å². The third-order valence-electron chi connectivity index (χ3n) is 3.24. The maximum atomic E-state index is 12.3. The number of thiophene rings is 1. The zero-order valence-electron chi connectivity index (χ0n) is 10.7. The lowest BCUT2D eigenvalue weighted by molar-refractivity contribution is 0.0698. The van der Waals surface area contributed by atoms with E-state index in [0.717, 1.165) is 9.35 Å². The summed E-state index contributed by atoms with van der Waals surface area (Å²) >= 11 is 5.00. The van der Waals surface area contributed by atoms with E-state index in [2.05, 4.69) is 15.9 Å². The van der Waals surface area contributed by atoms with Gasteiger partial charge in [0.05, 0.1) is 17.6 Å². The zero-order valence-corrected chi connectivity index (χ0v) is 13.1. The van der Waals surface area contributed by atoms with Crippen LogP contribution in [0.3, 0.4) is 0 Å². The first-order valence-corrected chi connectivity index (χ1v) is 7.83. The van der Waals surface area contributed by atoms with Crippen molar-refractivity contribution in [2.45, 2.75) is 6.54 Å². The number of aromatic nitrogens is 1. The summed E-state index contributed by atoms with van der Waals surface area (Å²) in [6, 6.07) is 10.2. The number of hydrogen-bond acceptors (Lipinski definition) is 3. The summed E-state index contributed by atoms with van der Waals surface area (Å²) in [6.07, 6.45) is 0. The minimum Gasteiger partial charge on any atom is -0.478 e. The second kappa shape index (κ2) is 5.46. The van der Waals surface area contributed by atoms with Crippen molar-refractivity contribution >= 4 is 44.1 Å². The number of para-hydroxylation sites is 1. The van der Waals surface area contributed by atoms with E-state index in [9.17, 15) is 14.7 Å². The summed E-state index contributed by atoms with van der Waals surface area (Å²) in [6.45, 7) is 0.414. The molecule has 3 rings (SSSR count). The molecule has 1 aromatic carbocycles. The molecule has 0 atom stereocenters. The van der Waals surface area contributed by atoms with Gasteiger partial charge in [0.1, 0.15) is 0 Å². The van der Waals surface area contributed by atoms with Gasteiger partial charge in [-0.15, -0.1) is 11.3 Å². The molecule has 0 fully saturated rings. The van der Waals surface area contributed by atoms with Gasteiger partial charge < -0.3 is 9.67 Å². The zero-order chi connectivity index (χ0) is 15.0. The lowest BCUT2D eigenvalue weighted by atomic mass is 10.1. The number of pyridine rings is 1. The van der Waals surface area contributed by atoms with Crippen molar-refractivity contribution in [3.8, 4) is 0 Å². The van der Waals surface area contributed by atoms with Gasteiger partial charge in [-0.05, 0) is 33.4 Å². The lowest BCUT2D eigenvalue weighted by Gasteiger charge is -2.11. The molecule has 2 aromatic heterocycles. The molecule has 21 heavy (non-hydrogen) atoms. The highest BCUT2D eigenvalue weighted by molar-refractivity contribution is 9.10. The largest absolute Gasteiger partial charge is 0.478 e. The van der Waals surface area contributed by atoms with Crippen molar-refractivity contribution in [2.24, 2.45) is 0 Å². The topological polar surface area (TPSA) is 59.3 Å². The van der Waals surface area contributed by atoms with Crippen LogP contribution in [0.1, 0.15) is 15.2 Å². The van der Waals surface area contributed by atoms with Crippen LogP contribution < -0.4 is 5.56 Å². The number of rotatable bonds is 3. The molecule has 6 heteroatoms. The predicted molar refractivity (Wildman–Crippen MR) is 86.3 cm³/mol. The second-order valence-corrected chi connectivity index (χ2v) is 6.35. The van der Waals surface area contributed by atoms with Crippen LogP contribution in [0.4, 0.5) is 0 Å². The van der Waals surface area contributed by atoms with Gasteiger partial charge in [-0.25, -0.2) is 4.79 Å². The first kappa shape index (κ1) is 14.0. The van der Waals surface area contributed by atoms with Crippen LogP contribution in [-0.2, 0) is 6.54 Å². The molecule has 1 N–H and O–H groups in total. The van der Waals surface area contributed by atoms with Gasteiger partial charge in [0.2, 0.25) is 0 Å². The summed E-state index contributed by atoms with van der Waals surface area (Å²) in [5, 5.41) is 11.8. The van der Waals surface area contributed by atoms with Crippen molar-refractivity contribution in [1.82, 2.24) is 4.57 Å². The highest BCUT2D eigenvalue weighted by atomic mass is 79.9. The van der Waals surface area contributed by atoms with Crippen molar-refractivity contribution in [3.05, 3.63) is 67.0 Å². The van der Waals surface area contributed by atoms with Crippen molar-refractivity contribution in [3.63, 3.8) is 0 Å². The van der Waals surface area contributed by atoms with E-state index < -0.39 is 5.97 Å². The molecule has 0 aliphatic rings. The molecule has 0 aliphatic heterocycles. The summed E-state index contributed by atoms with van der Waals surface area (Å²) < 4.78 is 2.55. The molecule has 0 unspecified atom stereocenters. The summed E-state index contributed by atoms with van der Waals surface area (Å²) in [7, 11) is 0. The Morgan fingerprint density at radius 2 is 2.05 bits per heavy atom. The molecule has 3 aromatic rings. The third kappa shape index (κ3) is 2.52. The number of carboxylic acid groups (broad SMARTS) is 1. The molecule has 0 radical (unpaired) electrons. The molecular formula is C15H10BrNO3S. The Labute approximate surface area is 132 Å². The fraction of sp³-hybridized carbons (Fsp3) is 0.0667. The minimum absolute atomic E-state index is 0.0390. The van der Waals surface area contributed by atoms with Crippen molar-refractivity contribution in [2.75, 3.05) is 0 Å². The smallest absolute Gasteiger partial charge is 0.336 e. The number of hydrogen-bond donors (Lipinski definition) is 1. The number of benzene rings is 1. The van der Waals surface area contributed by atoms with Crippen LogP contribution in [0.2, 0.25) is 0 Å². The Balaban J connectivity index is 2.26. The fourth-order valence-corrected chi connectivity index (χ4v) is 3.72. The van der Waals surface area contributed by atoms with E-state index in [1.807, 2.05) is 11.4 Å². The second-order valence-electron chi connectivity index (χ2n) is 4.50. The Bertz CT molecular complexity index is 897. The van der Waals surface area contributed by atoms with E-state index >= 15 is 0 Å². The first-order chi connectivity index (χ1) is 10.1. The molecule has 0 saturated carbocycles. The predicted octanol–water partition coefficient (Wildman–Crippen LogP) is 3.57. The van der Waals surface area contributed by atoms with Crippen LogP contribution in [0.5, 0.6) is 0 Å². The number of fused-ring (bicyclic) bond motifs is 1. The highest BCUT2D eigenvalue weighted by Crippen LogP contribution is 2.25. The van der Waals surface area contributed by atoms with Gasteiger partial charge in [0, 0.05) is 20.8 Å². The van der Waals surface area contributed by atoms with E-state index in [1.54, 1.807) is 40.2 Å². The van der Waals surface area contributed by atoms with E-state index in [0.29, 0.717) is 17.4 Å². The fourth-order valence-electron chi connectivity index (χ4n) is 2.26. The van der Waals surface area contributed by atoms with Crippen LogP contribution in [0, 0.1) is 0 Å². The van der Waals surface area contributed by atoms with Crippen molar-refractivity contribution in [1.29, 1.82) is 0 Å².